The molecule has 6 heteroatoms. The quantitative estimate of drug-likeness (QED) is 0.548. The van der Waals surface area contributed by atoms with Crippen molar-refractivity contribution in [1.82, 2.24) is 0 Å². The molecule has 0 amide bonds. The highest BCUT2D eigenvalue weighted by molar-refractivity contribution is 7.90. The van der Waals surface area contributed by atoms with Gasteiger partial charge in [-0.15, -0.1) is 0 Å². The highest BCUT2D eigenvalue weighted by Gasteiger charge is 2.02. The maximum Gasteiger partial charge on any atom is 0.147 e. The summed E-state index contributed by atoms with van der Waals surface area (Å²) in [5.74, 6) is 0.586. The van der Waals surface area contributed by atoms with E-state index in [1.54, 1.807) is 0 Å². The SMILES string of the molecule is CS(=O)(=O)CCCCCCCCCCS(C)(=O)=O. The number of unbranched alkanes of at least 4 members (excludes halogenated alkanes) is 7. The largest absolute Gasteiger partial charge is 0.229 e. The van der Waals surface area contributed by atoms with E-state index in [0.717, 1.165) is 51.4 Å². The smallest absolute Gasteiger partial charge is 0.147 e. The number of sulfone groups is 2. The predicted octanol–water partition coefficient (Wildman–Crippen LogP) is 2.20. The molecule has 0 aromatic heterocycles. The Morgan fingerprint density at radius 3 is 0.944 bits per heavy atom. The van der Waals surface area contributed by atoms with Gasteiger partial charge in [0.2, 0.25) is 0 Å². The van der Waals surface area contributed by atoms with Crippen molar-refractivity contribution < 1.29 is 16.8 Å². The average Bonchev–Trinajstić information content (AvgIpc) is 2.17. The van der Waals surface area contributed by atoms with E-state index in [1.165, 1.54) is 12.5 Å². The van der Waals surface area contributed by atoms with Crippen LogP contribution in [0.15, 0.2) is 0 Å². The average molecular weight is 298 g/mol. The molecule has 0 rings (SSSR count). The fourth-order valence-corrected chi connectivity index (χ4v) is 3.25. The molecule has 18 heavy (non-hydrogen) atoms. The zero-order valence-electron chi connectivity index (χ0n) is 11.5. The molecule has 0 N–H and O–H groups in total. The van der Waals surface area contributed by atoms with Crippen molar-refractivity contribution in [1.29, 1.82) is 0 Å². The lowest BCUT2D eigenvalue weighted by atomic mass is 10.1. The summed E-state index contributed by atoms with van der Waals surface area (Å²) in [6.07, 6.45) is 10.4. The molecule has 0 radical (unpaired) electrons. The van der Waals surface area contributed by atoms with Gasteiger partial charge in [0, 0.05) is 24.0 Å². The van der Waals surface area contributed by atoms with Crippen LogP contribution in [-0.2, 0) is 19.7 Å². The lowest BCUT2D eigenvalue weighted by molar-refractivity contribution is 0.569. The van der Waals surface area contributed by atoms with Crippen LogP contribution in [0.4, 0.5) is 0 Å². The minimum Gasteiger partial charge on any atom is -0.229 e. The van der Waals surface area contributed by atoms with E-state index < -0.39 is 19.7 Å². The topological polar surface area (TPSA) is 68.3 Å². The third kappa shape index (κ3) is 15.9. The Morgan fingerprint density at radius 2 is 0.722 bits per heavy atom. The highest BCUT2D eigenvalue weighted by Crippen LogP contribution is 2.09. The standard InChI is InChI=1S/C12H26O4S2/c1-17(13,14)11-9-7-5-3-4-6-8-10-12-18(2,15)16/h3-12H2,1-2H3. The van der Waals surface area contributed by atoms with Crippen LogP contribution in [0, 0.1) is 0 Å². The van der Waals surface area contributed by atoms with Crippen molar-refractivity contribution in [2.75, 3.05) is 24.0 Å². The summed E-state index contributed by atoms with van der Waals surface area (Å²) < 4.78 is 43.5. The first kappa shape index (κ1) is 17.9. The van der Waals surface area contributed by atoms with Gasteiger partial charge in [0.25, 0.3) is 0 Å². The van der Waals surface area contributed by atoms with Crippen molar-refractivity contribution >= 4 is 19.7 Å². The molecule has 0 spiro atoms. The second-order valence-corrected chi connectivity index (χ2v) is 9.61. The minimum absolute atomic E-state index is 0.293. The Balaban J connectivity index is 3.22. The van der Waals surface area contributed by atoms with Gasteiger partial charge in [-0.25, -0.2) is 16.8 Å². The first-order chi connectivity index (χ1) is 8.21. The molecule has 0 aliphatic carbocycles. The zero-order valence-corrected chi connectivity index (χ0v) is 13.2. The summed E-state index contributed by atoms with van der Waals surface area (Å²) in [6.45, 7) is 0. The van der Waals surface area contributed by atoms with Crippen LogP contribution >= 0.6 is 0 Å². The molecule has 0 saturated carbocycles. The van der Waals surface area contributed by atoms with Crippen molar-refractivity contribution in [2.45, 2.75) is 51.4 Å². The van der Waals surface area contributed by atoms with E-state index in [-0.39, 0.29) is 0 Å². The van der Waals surface area contributed by atoms with E-state index in [2.05, 4.69) is 0 Å². The van der Waals surface area contributed by atoms with Crippen LogP contribution in [0.25, 0.3) is 0 Å². The van der Waals surface area contributed by atoms with Gasteiger partial charge in [-0.3, -0.25) is 0 Å². The third-order valence-electron chi connectivity index (χ3n) is 2.78. The van der Waals surface area contributed by atoms with Crippen molar-refractivity contribution in [3.05, 3.63) is 0 Å². The number of hydrogen-bond donors (Lipinski definition) is 0. The first-order valence-corrected chi connectivity index (χ1v) is 10.7. The molecule has 110 valence electrons. The van der Waals surface area contributed by atoms with E-state index in [4.69, 9.17) is 0 Å². The molecular formula is C12H26O4S2. The van der Waals surface area contributed by atoms with Gasteiger partial charge in [0.1, 0.15) is 19.7 Å². The molecule has 0 atom stereocenters. The molecule has 4 nitrogen and oxygen atoms in total. The molecular weight excluding hydrogens is 272 g/mol. The van der Waals surface area contributed by atoms with E-state index in [9.17, 15) is 16.8 Å². The van der Waals surface area contributed by atoms with Gasteiger partial charge >= 0.3 is 0 Å². The Morgan fingerprint density at radius 1 is 0.500 bits per heavy atom. The molecule has 0 aromatic carbocycles. The molecule has 0 aliphatic heterocycles. The summed E-state index contributed by atoms with van der Waals surface area (Å²) in [5.41, 5.74) is 0. The Labute approximate surface area is 112 Å². The minimum atomic E-state index is -2.80. The van der Waals surface area contributed by atoms with Crippen LogP contribution in [0.1, 0.15) is 51.4 Å². The van der Waals surface area contributed by atoms with Gasteiger partial charge < -0.3 is 0 Å². The van der Waals surface area contributed by atoms with E-state index in [1.807, 2.05) is 0 Å². The van der Waals surface area contributed by atoms with Gasteiger partial charge in [0.05, 0.1) is 0 Å². The Kier molecular flexibility index (Phi) is 8.86. The lowest BCUT2D eigenvalue weighted by Gasteiger charge is -2.02. The van der Waals surface area contributed by atoms with Crippen molar-refractivity contribution in [3.8, 4) is 0 Å². The molecule has 0 fully saturated rings. The first-order valence-electron chi connectivity index (χ1n) is 6.56. The second-order valence-electron chi connectivity index (χ2n) is 5.09. The summed E-state index contributed by atoms with van der Waals surface area (Å²) in [4.78, 5) is 0. The third-order valence-corrected chi connectivity index (χ3v) is 4.84. The number of rotatable bonds is 11. The Hall–Kier alpha value is -0.100. The van der Waals surface area contributed by atoms with Crippen LogP contribution in [-0.4, -0.2) is 40.9 Å². The summed E-state index contributed by atoms with van der Waals surface area (Å²) >= 11 is 0. The van der Waals surface area contributed by atoms with Gasteiger partial charge in [-0.2, -0.15) is 0 Å². The van der Waals surface area contributed by atoms with E-state index >= 15 is 0 Å². The zero-order chi connectivity index (χ0) is 14.1. The number of hydrogen-bond acceptors (Lipinski definition) is 4. The van der Waals surface area contributed by atoms with Gasteiger partial charge in [-0.05, 0) is 12.8 Å². The molecule has 0 unspecified atom stereocenters. The van der Waals surface area contributed by atoms with Gasteiger partial charge in [-0.1, -0.05) is 38.5 Å². The summed E-state index contributed by atoms with van der Waals surface area (Å²) in [5, 5.41) is 0. The van der Waals surface area contributed by atoms with Crippen LogP contribution in [0.3, 0.4) is 0 Å². The summed E-state index contributed by atoms with van der Waals surface area (Å²) in [6, 6.07) is 0. The predicted molar refractivity (Wildman–Crippen MR) is 76.4 cm³/mol. The second kappa shape index (κ2) is 8.91. The molecule has 0 aliphatic rings. The van der Waals surface area contributed by atoms with Crippen LogP contribution < -0.4 is 0 Å². The van der Waals surface area contributed by atoms with Crippen molar-refractivity contribution in [2.24, 2.45) is 0 Å². The van der Waals surface area contributed by atoms with Crippen LogP contribution in [0.2, 0.25) is 0 Å². The fraction of sp³-hybridized carbons (Fsp3) is 1.00. The maximum atomic E-state index is 10.9. The maximum absolute atomic E-state index is 10.9. The highest BCUT2D eigenvalue weighted by atomic mass is 32.2. The molecule has 0 saturated heterocycles. The summed E-state index contributed by atoms with van der Waals surface area (Å²) in [7, 11) is -5.60. The molecule has 0 heterocycles. The fourth-order valence-electron chi connectivity index (χ4n) is 1.79. The molecule has 0 aromatic rings. The molecule has 0 bridgehead atoms. The normalized spacial score (nSPS) is 12.8. The van der Waals surface area contributed by atoms with Crippen LogP contribution in [0.5, 0.6) is 0 Å². The van der Waals surface area contributed by atoms with E-state index in [0.29, 0.717) is 11.5 Å². The van der Waals surface area contributed by atoms with Crippen molar-refractivity contribution in [3.63, 3.8) is 0 Å². The lowest BCUT2D eigenvalue weighted by Crippen LogP contribution is -2.02. The monoisotopic (exact) mass is 298 g/mol. The van der Waals surface area contributed by atoms with Gasteiger partial charge in [0.15, 0.2) is 0 Å². The Bertz CT molecular complexity index is 356.